The van der Waals surface area contributed by atoms with Crippen molar-refractivity contribution >= 4 is 29.2 Å². The highest BCUT2D eigenvalue weighted by Crippen LogP contribution is 2.41. The molecule has 0 aliphatic heterocycles. The Labute approximate surface area is 164 Å². The van der Waals surface area contributed by atoms with Crippen molar-refractivity contribution in [3.63, 3.8) is 0 Å². The van der Waals surface area contributed by atoms with E-state index in [4.69, 9.17) is 4.74 Å². The highest BCUT2D eigenvalue weighted by molar-refractivity contribution is 6.04. The molecule has 2 atom stereocenters. The van der Waals surface area contributed by atoms with Crippen LogP contribution in [-0.2, 0) is 14.3 Å². The molecule has 0 heterocycles. The molecule has 28 heavy (non-hydrogen) atoms. The first-order valence-corrected chi connectivity index (χ1v) is 9.49. The van der Waals surface area contributed by atoms with Gasteiger partial charge in [-0.15, -0.1) is 0 Å². The third-order valence-corrected chi connectivity index (χ3v) is 4.76. The van der Waals surface area contributed by atoms with Gasteiger partial charge in [0.1, 0.15) is 0 Å². The van der Waals surface area contributed by atoms with Gasteiger partial charge in [0, 0.05) is 17.9 Å². The molecule has 0 saturated heterocycles. The highest BCUT2D eigenvalue weighted by atomic mass is 16.5. The van der Waals surface area contributed by atoms with E-state index in [0.717, 1.165) is 5.69 Å². The van der Waals surface area contributed by atoms with Crippen LogP contribution >= 0.6 is 0 Å². The van der Waals surface area contributed by atoms with E-state index in [9.17, 15) is 14.4 Å². The Balaban J connectivity index is 1.58. The van der Waals surface area contributed by atoms with Crippen molar-refractivity contribution in [1.82, 2.24) is 0 Å². The van der Waals surface area contributed by atoms with Crippen LogP contribution in [0.4, 0.5) is 11.4 Å². The maximum Gasteiger partial charge on any atom is 0.338 e. The number of rotatable bonds is 7. The van der Waals surface area contributed by atoms with Crippen LogP contribution < -0.4 is 10.2 Å². The lowest BCUT2D eigenvalue weighted by molar-refractivity contribution is -0.123. The summed E-state index contributed by atoms with van der Waals surface area (Å²) in [6.45, 7) is 4.54. The summed E-state index contributed by atoms with van der Waals surface area (Å²) < 4.78 is 4.94. The second kappa shape index (κ2) is 8.69. The first kappa shape index (κ1) is 19.6. The normalized spacial score (nSPS) is 17.5. The van der Waals surface area contributed by atoms with Crippen LogP contribution in [0.3, 0.4) is 0 Å². The summed E-state index contributed by atoms with van der Waals surface area (Å²) in [4.78, 5) is 38.7. The summed E-state index contributed by atoms with van der Waals surface area (Å²) in [6.07, 6.45) is 0.551. The molecule has 2 amide bonds. The Kier molecular flexibility index (Phi) is 6.09. The predicted molar refractivity (Wildman–Crippen MR) is 107 cm³/mol. The van der Waals surface area contributed by atoms with E-state index >= 15 is 0 Å². The van der Waals surface area contributed by atoms with E-state index < -0.39 is 5.97 Å². The van der Waals surface area contributed by atoms with Gasteiger partial charge in [0.15, 0.2) is 0 Å². The van der Waals surface area contributed by atoms with E-state index in [1.165, 1.54) is 0 Å². The van der Waals surface area contributed by atoms with Gasteiger partial charge in [0.25, 0.3) is 0 Å². The zero-order valence-electron chi connectivity index (χ0n) is 16.1. The van der Waals surface area contributed by atoms with Gasteiger partial charge in [0.05, 0.1) is 24.0 Å². The molecule has 2 aromatic carbocycles. The smallest absolute Gasteiger partial charge is 0.338 e. The molecule has 0 spiro atoms. The van der Waals surface area contributed by atoms with Gasteiger partial charge in [-0.3, -0.25) is 9.59 Å². The number of hydrogen-bond donors (Lipinski definition) is 1. The molecule has 1 aliphatic rings. The fourth-order valence-corrected chi connectivity index (χ4v) is 3.17. The number of carbonyl (C=O) groups is 3. The molecule has 1 N–H and O–H groups in total. The number of nitrogens with one attached hydrogen (secondary N) is 1. The molecular weight excluding hydrogens is 356 g/mol. The quantitative estimate of drug-likeness (QED) is 0.746. The SMILES string of the molecule is CCOC(=O)c1ccc(NC(=O)C2CC2C(=O)N(CC)c2ccccc2)cc1. The summed E-state index contributed by atoms with van der Waals surface area (Å²) in [5, 5.41) is 2.82. The molecule has 146 valence electrons. The Morgan fingerprint density at radius 3 is 2.29 bits per heavy atom. The van der Waals surface area contributed by atoms with Crippen molar-refractivity contribution in [2.75, 3.05) is 23.4 Å². The first-order chi connectivity index (χ1) is 13.5. The molecular formula is C22H24N2O4. The molecule has 1 saturated carbocycles. The third kappa shape index (κ3) is 4.39. The standard InChI is InChI=1S/C22H24N2O4/c1-3-24(17-8-6-5-7-9-17)21(26)19-14-18(19)20(25)23-16-12-10-15(11-13-16)22(27)28-4-2/h5-13,18-19H,3-4,14H2,1-2H3,(H,23,25). The molecule has 6 heteroatoms. The number of nitrogens with zero attached hydrogens (tertiary/aromatic N) is 1. The van der Waals surface area contributed by atoms with Crippen LogP contribution in [0.25, 0.3) is 0 Å². The lowest BCUT2D eigenvalue weighted by Gasteiger charge is -2.21. The zero-order valence-corrected chi connectivity index (χ0v) is 16.1. The molecule has 1 fully saturated rings. The van der Waals surface area contributed by atoms with Gasteiger partial charge in [-0.2, -0.15) is 0 Å². The second-order valence-electron chi connectivity index (χ2n) is 6.65. The average molecular weight is 380 g/mol. The van der Waals surface area contributed by atoms with Crippen molar-refractivity contribution in [2.45, 2.75) is 20.3 Å². The van der Waals surface area contributed by atoms with Crippen LogP contribution in [0.5, 0.6) is 0 Å². The fourth-order valence-electron chi connectivity index (χ4n) is 3.17. The fraction of sp³-hybridized carbons (Fsp3) is 0.318. The number of para-hydroxylation sites is 1. The third-order valence-electron chi connectivity index (χ3n) is 4.76. The summed E-state index contributed by atoms with van der Waals surface area (Å²) in [5.41, 5.74) is 1.86. The van der Waals surface area contributed by atoms with Gasteiger partial charge in [-0.25, -0.2) is 4.79 Å². The number of benzene rings is 2. The molecule has 0 bridgehead atoms. The van der Waals surface area contributed by atoms with Crippen molar-refractivity contribution in [3.8, 4) is 0 Å². The predicted octanol–water partition coefficient (Wildman–Crippen LogP) is 3.49. The number of ether oxygens (including phenoxy) is 1. The second-order valence-corrected chi connectivity index (χ2v) is 6.65. The summed E-state index contributed by atoms with van der Waals surface area (Å²) in [7, 11) is 0. The van der Waals surface area contributed by atoms with Gasteiger partial charge in [-0.05, 0) is 56.7 Å². The molecule has 0 radical (unpaired) electrons. The van der Waals surface area contributed by atoms with Crippen molar-refractivity contribution < 1.29 is 19.1 Å². The number of esters is 1. The molecule has 0 aromatic heterocycles. The van der Waals surface area contributed by atoms with Crippen molar-refractivity contribution in [3.05, 3.63) is 60.2 Å². The minimum atomic E-state index is -0.395. The van der Waals surface area contributed by atoms with E-state index in [2.05, 4.69) is 5.32 Å². The Morgan fingerprint density at radius 1 is 1.00 bits per heavy atom. The Bertz CT molecular complexity index is 849. The molecule has 2 aromatic rings. The van der Waals surface area contributed by atoms with E-state index in [1.54, 1.807) is 36.1 Å². The van der Waals surface area contributed by atoms with Crippen LogP contribution in [0.1, 0.15) is 30.6 Å². The number of anilines is 2. The van der Waals surface area contributed by atoms with Crippen molar-refractivity contribution in [1.29, 1.82) is 0 Å². The van der Waals surface area contributed by atoms with E-state index in [1.807, 2.05) is 37.3 Å². The summed E-state index contributed by atoms with van der Waals surface area (Å²) in [5.74, 6) is -1.21. The molecule has 1 aliphatic carbocycles. The van der Waals surface area contributed by atoms with Crippen LogP contribution in [-0.4, -0.2) is 30.9 Å². The minimum Gasteiger partial charge on any atom is -0.462 e. The number of amides is 2. The topological polar surface area (TPSA) is 75.7 Å². The van der Waals surface area contributed by atoms with Crippen LogP contribution in [0.15, 0.2) is 54.6 Å². The molecule has 2 unspecified atom stereocenters. The summed E-state index contributed by atoms with van der Waals surface area (Å²) in [6, 6.07) is 16.0. The van der Waals surface area contributed by atoms with Crippen LogP contribution in [0.2, 0.25) is 0 Å². The largest absolute Gasteiger partial charge is 0.462 e. The minimum absolute atomic E-state index is 0.0218. The number of carbonyl (C=O) groups excluding carboxylic acids is 3. The van der Waals surface area contributed by atoms with E-state index in [0.29, 0.717) is 30.8 Å². The number of hydrogen-bond acceptors (Lipinski definition) is 4. The Hall–Kier alpha value is -3.15. The van der Waals surface area contributed by atoms with Crippen molar-refractivity contribution in [2.24, 2.45) is 11.8 Å². The highest BCUT2D eigenvalue weighted by Gasteiger charge is 2.49. The Morgan fingerprint density at radius 2 is 1.68 bits per heavy atom. The zero-order chi connectivity index (χ0) is 20.1. The average Bonchev–Trinajstić information content (AvgIpc) is 3.51. The van der Waals surface area contributed by atoms with Gasteiger partial charge in [-0.1, -0.05) is 18.2 Å². The molecule has 3 rings (SSSR count). The lowest BCUT2D eigenvalue weighted by Crippen LogP contribution is -2.33. The van der Waals surface area contributed by atoms with E-state index in [-0.39, 0.29) is 23.7 Å². The summed E-state index contributed by atoms with van der Waals surface area (Å²) >= 11 is 0. The first-order valence-electron chi connectivity index (χ1n) is 9.49. The monoisotopic (exact) mass is 380 g/mol. The maximum absolute atomic E-state index is 12.8. The lowest BCUT2D eigenvalue weighted by atomic mass is 10.2. The molecule has 6 nitrogen and oxygen atoms in total. The van der Waals surface area contributed by atoms with Gasteiger partial charge >= 0.3 is 5.97 Å². The van der Waals surface area contributed by atoms with Gasteiger partial charge in [0.2, 0.25) is 11.8 Å². The van der Waals surface area contributed by atoms with Crippen LogP contribution in [0, 0.1) is 11.8 Å². The maximum atomic E-state index is 12.8. The van der Waals surface area contributed by atoms with Gasteiger partial charge < -0.3 is 15.0 Å².